The molecular formula is C24H30N2O3. The summed E-state index contributed by atoms with van der Waals surface area (Å²) in [7, 11) is 0. The van der Waals surface area contributed by atoms with Crippen LogP contribution < -0.4 is 15.4 Å². The van der Waals surface area contributed by atoms with Crippen molar-refractivity contribution in [1.82, 2.24) is 10.6 Å². The van der Waals surface area contributed by atoms with E-state index in [1.54, 1.807) is 0 Å². The molecule has 0 saturated heterocycles. The Bertz CT molecular complexity index is 766. The highest BCUT2D eigenvalue weighted by molar-refractivity contribution is 5.94. The standard InChI is InChI=1S/C24H30N2O3/c27-23(16-17-29-22-10-6-3-7-11-22)25-18-19-12-14-20(15-13-19)24(28)26-21-8-4-1-2-5-9-21/h3,6-7,10-15,21H,1-2,4-5,8-9,16-18H2,(H,25,27)(H,26,28). The molecule has 3 rings (SSSR count). The minimum atomic E-state index is -0.0592. The van der Waals surface area contributed by atoms with Gasteiger partial charge < -0.3 is 15.4 Å². The summed E-state index contributed by atoms with van der Waals surface area (Å²) in [4.78, 5) is 24.4. The highest BCUT2D eigenvalue weighted by atomic mass is 16.5. The fourth-order valence-electron chi connectivity index (χ4n) is 3.53. The van der Waals surface area contributed by atoms with Crippen LogP contribution in [-0.4, -0.2) is 24.5 Å². The molecular weight excluding hydrogens is 364 g/mol. The Morgan fingerprint density at radius 2 is 1.59 bits per heavy atom. The van der Waals surface area contributed by atoms with E-state index >= 15 is 0 Å². The van der Waals surface area contributed by atoms with E-state index in [1.165, 1.54) is 25.7 Å². The van der Waals surface area contributed by atoms with Crippen molar-refractivity contribution in [3.63, 3.8) is 0 Å². The van der Waals surface area contributed by atoms with Gasteiger partial charge in [0.2, 0.25) is 5.91 Å². The number of carbonyl (C=O) groups is 2. The van der Waals surface area contributed by atoms with E-state index in [1.807, 2.05) is 54.6 Å². The van der Waals surface area contributed by atoms with Gasteiger partial charge in [-0.3, -0.25) is 9.59 Å². The van der Waals surface area contributed by atoms with Crippen LogP contribution in [0.15, 0.2) is 54.6 Å². The van der Waals surface area contributed by atoms with Crippen LogP contribution in [0.4, 0.5) is 0 Å². The van der Waals surface area contributed by atoms with E-state index in [0.717, 1.165) is 24.2 Å². The van der Waals surface area contributed by atoms with Crippen molar-refractivity contribution in [3.8, 4) is 5.75 Å². The molecule has 0 spiro atoms. The van der Waals surface area contributed by atoms with E-state index in [0.29, 0.717) is 31.2 Å². The Morgan fingerprint density at radius 1 is 0.897 bits per heavy atom. The van der Waals surface area contributed by atoms with Crippen molar-refractivity contribution in [2.24, 2.45) is 0 Å². The van der Waals surface area contributed by atoms with Crippen molar-refractivity contribution in [3.05, 3.63) is 65.7 Å². The number of benzene rings is 2. The zero-order chi connectivity index (χ0) is 20.3. The number of nitrogens with one attached hydrogen (secondary N) is 2. The number of carbonyl (C=O) groups excluding carboxylic acids is 2. The van der Waals surface area contributed by atoms with Crippen molar-refractivity contribution < 1.29 is 14.3 Å². The summed E-state index contributed by atoms with van der Waals surface area (Å²) in [5.74, 6) is 0.694. The van der Waals surface area contributed by atoms with Gasteiger partial charge in [-0.05, 0) is 42.7 Å². The number of hydrogen-bond acceptors (Lipinski definition) is 3. The first-order valence-electron chi connectivity index (χ1n) is 10.5. The van der Waals surface area contributed by atoms with Crippen molar-refractivity contribution in [2.75, 3.05) is 6.61 Å². The third-order valence-electron chi connectivity index (χ3n) is 5.24. The maximum atomic E-state index is 12.4. The lowest BCUT2D eigenvalue weighted by atomic mass is 10.1. The van der Waals surface area contributed by atoms with E-state index < -0.39 is 0 Å². The molecule has 2 aromatic carbocycles. The molecule has 0 unspecified atom stereocenters. The molecule has 0 heterocycles. The summed E-state index contributed by atoms with van der Waals surface area (Å²) in [5.41, 5.74) is 1.63. The fourth-order valence-corrected chi connectivity index (χ4v) is 3.53. The highest BCUT2D eigenvalue weighted by Crippen LogP contribution is 2.17. The van der Waals surface area contributed by atoms with Crippen LogP contribution in [0.5, 0.6) is 5.75 Å². The summed E-state index contributed by atoms with van der Waals surface area (Å²) < 4.78 is 5.54. The molecule has 2 aromatic rings. The molecule has 0 radical (unpaired) electrons. The second kappa shape index (κ2) is 11.2. The number of ether oxygens (including phenoxy) is 1. The second-order valence-corrected chi connectivity index (χ2v) is 7.55. The number of rotatable bonds is 8. The SMILES string of the molecule is O=C(CCOc1ccccc1)NCc1ccc(C(=O)NC2CCCCCC2)cc1. The molecule has 0 atom stereocenters. The van der Waals surface area contributed by atoms with Gasteiger partial charge in [-0.15, -0.1) is 0 Å². The monoisotopic (exact) mass is 394 g/mol. The molecule has 5 heteroatoms. The topological polar surface area (TPSA) is 67.4 Å². The Hall–Kier alpha value is -2.82. The van der Waals surface area contributed by atoms with Gasteiger partial charge in [0.15, 0.2) is 0 Å². The minimum Gasteiger partial charge on any atom is -0.493 e. The Labute approximate surface area is 172 Å². The summed E-state index contributed by atoms with van der Waals surface area (Å²) in [6.45, 7) is 0.783. The van der Waals surface area contributed by atoms with E-state index in [2.05, 4.69) is 10.6 Å². The first-order chi connectivity index (χ1) is 14.2. The van der Waals surface area contributed by atoms with E-state index in [9.17, 15) is 9.59 Å². The molecule has 2 N–H and O–H groups in total. The van der Waals surface area contributed by atoms with Gasteiger partial charge in [-0.25, -0.2) is 0 Å². The molecule has 0 aliphatic heterocycles. The largest absolute Gasteiger partial charge is 0.493 e. The number of amides is 2. The predicted octanol–water partition coefficient (Wildman–Crippen LogP) is 4.22. The molecule has 2 amide bonds. The highest BCUT2D eigenvalue weighted by Gasteiger charge is 2.15. The quantitative estimate of drug-likeness (QED) is 0.659. The molecule has 1 fully saturated rings. The van der Waals surface area contributed by atoms with Crippen molar-refractivity contribution in [1.29, 1.82) is 0 Å². The molecule has 1 aliphatic rings. The van der Waals surface area contributed by atoms with Crippen LogP contribution in [0.1, 0.15) is 60.9 Å². The molecule has 154 valence electrons. The first-order valence-corrected chi connectivity index (χ1v) is 10.5. The van der Waals surface area contributed by atoms with Crippen molar-refractivity contribution >= 4 is 11.8 Å². The van der Waals surface area contributed by atoms with Gasteiger partial charge >= 0.3 is 0 Å². The van der Waals surface area contributed by atoms with Crippen LogP contribution >= 0.6 is 0 Å². The molecule has 5 nitrogen and oxygen atoms in total. The van der Waals surface area contributed by atoms with Gasteiger partial charge in [-0.1, -0.05) is 56.0 Å². The molecule has 29 heavy (non-hydrogen) atoms. The van der Waals surface area contributed by atoms with Crippen LogP contribution in [0.25, 0.3) is 0 Å². The molecule has 0 bridgehead atoms. The molecule has 0 aromatic heterocycles. The van der Waals surface area contributed by atoms with Gasteiger partial charge in [0.1, 0.15) is 5.75 Å². The average Bonchev–Trinajstić information content (AvgIpc) is 3.02. The number of para-hydroxylation sites is 1. The van der Waals surface area contributed by atoms with Gasteiger partial charge in [0, 0.05) is 18.2 Å². The zero-order valence-electron chi connectivity index (χ0n) is 16.9. The third-order valence-corrected chi connectivity index (χ3v) is 5.24. The van der Waals surface area contributed by atoms with Crippen LogP contribution in [-0.2, 0) is 11.3 Å². The van der Waals surface area contributed by atoms with Gasteiger partial charge in [0.25, 0.3) is 5.91 Å². The van der Waals surface area contributed by atoms with Crippen LogP contribution in [0, 0.1) is 0 Å². The van der Waals surface area contributed by atoms with Crippen molar-refractivity contribution in [2.45, 2.75) is 57.5 Å². The summed E-state index contributed by atoms with van der Waals surface area (Å²) in [6.07, 6.45) is 7.38. The average molecular weight is 395 g/mol. The summed E-state index contributed by atoms with van der Waals surface area (Å²) in [6, 6.07) is 17.2. The lowest BCUT2D eigenvalue weighted by Crippen LogP contribution is -2.34. The lowest BCUT2D eigenvalue weighted by molar-refractivity contribution is -0.121. The predicted molar refractivity (Wildman–Crippen MR) is 114 cm³/mol. The number of hydrogen-bond donors (Lipinski definition) is 2. The Morgan fingerprint density at radius 3 is 2.28 bits per heavy atom. The van der Waals surface area contributed by atoms with E-state index in [4.69, 9.17) is 4.74 Å². The minimum absolute atomic E-state index is 0.00875. The second-order valence-electron chi connectivity index (χ2n) is 7.55. The van der Waals surface area contributed by atoms with Crippen LogP contribution in [0.2, 0.25) is 0 Å². The summed E-state index contributed by atoms with van der Waals surface area (Å²) in [5, 5.41) is 6.05. The van der Waals surface area contributed by atoms with Gasteiger partial charge in [-0.2, -0.15) is 0 Å². The zero-order valence-corrected chi connectivity index (χ0v) is 16.9. The normalized spacial score (nSPS) is 14.6. The Balaban J connectivity index is 1.38. The van der Waals surface area contributed by atoms with Gasteiger partial charge in [0.05, 0.1) is 13.0 Å². The first kappa shape index (κ1) is 20.9. The van der Waals surface area contributed by atoms with E-state index in [-0.39, 0.29) is 11.8 Å². The maximum Gasteiger partial charge on any atom is 0.251 e. The molecule has 1 saturated carbocycles. The summed E-state index contributed by atoms with van der Waals surface area (Å²) >= 11 is 0. The third kappa shape index (κ3) is 7.26. The maximum absolute atomic E-state index is 12.4. The smallest absolute Gasteiger partial charge is 0.251 e. The molecule has 1 aliphatic carbocycles. The fraction of sp³-hybridized carbons (Fsp3) is 0.417. The Kier molecular flexibility index (Phi) is 8.11. The van der Waals surface area contributed by atoms with Crippen LogP contribution in [0.3, 0.4) is 0 Å². The lowest BCUT2D eigenvalue weighted by Gasteiger charge is -2.16.